The SMILES string of the molecule is COc1ccc(C(=O)c2cc(Cl)ccc2F)cc1Cl. The fourth-order valence-corrected chi connectivity index (χ4v) is 2.06. The minimum atomic E-state index is -0.624. The number of carbonyl (C=O) groups excluding carboxylic acids is 1. The summed E-state index contributed by atoms with van der Waals surface area (Å²) < 4.78 is 18.6. The molecule has 0 radical (unpaired) electrons. The molecule has 0 saturated carbocycles. The van der Waals surface area contributed by atoms with Crippen molar-refractivity contribution in [2.45, 2.75) is 0 Å². The van der Waals surface area contributed by atoms with Crippen molar-refractivity contribution < 1.29 is 13.9 Å². The molecule has 5 heteroatoms. The first kappa shape index (κ1) is 13.8. The first-order valence-electron chi connectivity index (χ1n) is 5.36. The van der Waals surface area contributed by atoms with E-state index in [9.17, 15) is 9.18 Å². The summed E-state index contributed by atoms with van der Waals surface area (Å²) in [5.41, 5.74) is 0.181. The zero-order chi connectivity index (χ0) is 14.0. The third-order valence-corrected chi connectivity index (χ3v) is 3.12. The van der Waals surface area contributed by atoms with Crippen LogP contribution in [0.3, 0.4) is 0 Å². The standard InChI is InChI=1S/C14H9Cl2FO2/c1-19-13-5-2-8(6-11(13)16)14(18)10-7-9(15)3-4-12(10)17/h2-7H,1H3. The Balaban J connectivity index is 2.44. The van der Waals surface area contributed by atoms with E-state index in [0.717, 1.165) is 6.07 Å². The Morgan fingerprint density at radius 2 is 1.89 bits per heavy atom. The second-order valence-corrected chi connectivity index (χ2v) is 4.65. The average molecular weight is 299 g/mol. The monoisotopic (exact) mass is 298 g/mol. The highest BCUT2D eigenvalue weighted by Crippen LogP contribution is 2.27. The lowest BCUT2D eigenvalue weighted by Gasteiger charge is -2.06. The average Bonchev–Trinajstić information content (AvgIpc) is 2.40. The Hall–Kier alpha value is -1.58. The summed E-state index contributed by atoms with van der Waals surface area (Å²) >= 11 is 11.7. The maximum Gasteiger partial charge on any atom is 0.196 e. The van der Waals surface area contributed by atoms with E-state index >= 15 is 0 Å². The number of carbonyl (C=O) groups is 1. The number of benzene rings is 2. The van der Waals surface area contributed by atoms with Gasteiger partial charge in [-0.05, 0) is 36.4 Å². The summed E-state index contributed by atoms with van der Waals surface area (Å²) in [6, 6.07) is 8.33. The van der Waals surface area contributed by atoms with E-state index in [0.29, 0.717) is 10.8 Å². The zero-order valence-corrected chi connectivity index (χ0v) is 11.4. The second kappa shape index (κ2) is 5.59. The molecule has 0 atom stereocenters. The van der Waals surface area contributed by atoms with Gasteiger partial charge in [0.15, 0.2) is 5.78 Å². The van der Waals surface area contributed by atoms with Crippen molar-refractivity contribution in [3.63, 3.8) is 0 Å². The highest BCUT2D eigenvalue weighted by atomic mass is 35.5. The van der Waals surface area contributed by atoms with Crippen molar-refractivity contribution in [1.82, 2.24) is 0 Å². The van der Waals surface area contributed by atoms with Crippen LogP contribution in [0.4, 0.5) is 4.39 Å². The molecule has 0 amide bonds. The third kappa shape index (κ3) is 2.88. The molecular formula is C14H9Cl2FO2. The summed E-state index contributed by atoms with van der Waals surface area (Å²) in [5.74, 6) is -0.657. The highest BCUT2D eigenvalue weighted by Gasteiger charge is 2.16. The summed E-state index contributed by atoms with van der Waals surface area (Å²) in [6.45, 7) is 0. The largest absolute Gasteiger partial charge is 0.495 e. The van der Waals surface area contributed by atoms with Crippen molar-refractivity contribution in [3.05, 3.63) is 63.4 Å². The maximum absolute atomic E-state index is 13.6. The summed E-state index contributed by atoms with van der Waals surface area (Å²) in [7, 11) is 1.47. The molecule has 0 aromatic heterocycles. The minimum Gasteiger partial charge on any atom is -0.495 e. The van der Waals surface area contributed by atoms with Gasteiger partial charge in [0.25, 0.3) is 0 Å². The molecule has 0 aliphatic heterocycles. The van der Waals surface area contributed by atoms with E-state index in [1.807, 2.05) is 0 Å². The van der Waals surface area contributed by atoms with Gasteiger partial charge in [-0.2, -0.15) is 0 Å². The Morgan fingerprint density at radius 1 is 1.16 bits per heavy atom. The van der Waals surface area contributed by atoms with E-state index in [4.69, 9.17) is 27.9 Å². The molecule has 2 aromatic carbocycles. The fraction of sp³-hybridized carbons (Fsp3) is 0.0714. The van der Waals surface area contributed by atoms with E-state index in [1.54, 1.807) is 6.07 Å². The van der Waals surface area contributed by atoms with Gasteiger partial charge in [-0.15, -0.1) is 0 Å². The highest BCUT2D eigenvalue weighted by molar-refractivity contribution is 6.33. The number of rotatable bonds is 3. The van der Waals surface area contributed by atoms with Gasteiger partial charge < -0.3 is 4.74 Å². The lowest BCUT2D eigenvalue weighted by atomic mass is 10.0. The third-order valence-electron chi connectivity index (χ3n) is 2.59. The molecule has 0 aliphatic carbocycles. The smallest absolute Gasteiger partial charge is 0.196 e. The predicted octanol–water partition coefficient (Wildman–Crippen LogP) is 4.37. The van der Waals surface area contributed by atoms with Crippen LogP contribution in [0.5, 0.6) is 5.75 Å². The minimum absolute atomic E-state index is 0.0891. The van der Waals surface area contributed by atoms with E-state index in [-0.39, 0.29) is 16.1 Å². The van der Waals surface area contributed by atoms with Gasteiger partial charge in [-0.1, -0.05) is 23.2 Å². The van der Waals surface area contributed by atoms with E-state index in [1.165, 1.54) is 31.4 Å². The summed E-state index contributed by atoms with van der Waals surface area (Å²) in [4.78, 5) is 12.2. The normalized spacial score (nSPS) is 10.3. The van der Waals surface area contributed by atoms with Gasteiger partial charge in [-0.3, -0.25) is 4.79 Å². The molecule has 0 N–H and O–H groups in total. The van der Waals surface area contributed by atoms with Gasteiger partial charge >= 0.3 is 0 Å². The predicted molar refractivity (Wildman–Crippen MR) is 72.8 cm³/mol. The second-order valence-electron chi connectivity index (χ2n) is 3.80. The van der Waals surface area contributed by atoms with Crippen LogP contribution >= 0.6 is 23.2 Å². The molecule has 0 fully saturated rings. The van der Waals surface area contributed by atoms with Crippen LogP contribution in [0.15, 0.2) is 36.4 Å². The molecule has 19 heavy (non-hydrogen) atoms. The lowest BCUT2D eigenvalue weighted by Crippen LogP contribution is -2.04. The number of ketones is 1. The van der Waals surface area contributed by atoms with Crippen molar-refractivity contribution in [2.24, 2.45) is 0 Å². The summed E-state index contributed by atoms with van der Waals surface area (Å²) in [6.07, 6.45) is 0. The molecule has 0 unspecified atom stereocenters. The zero-order valence-electron chi connectivity index (χ0n) is 9.91. The Labute approximate surface area is 119 Å². The van der Waals surface area contributed by atoms with Crippen molar-refractivity contribution >= 4 is 29.0 Å². The number of ether oxygens (including phenoxy) is 1. The summed E-state index contributed by atoms with van der Waals surface area (Å²) in [5, 5.41) is 0.583. The first-order valence-corrected chi connectivity index (χ1v) is 6.12. The molecule has 0 aliphatic rings. The Kier molecular flexibility index (Phi) is 4.08. The molecule has 0 bridgehead atoms. The van der Waals surface area contributed by atoms with Crippen LogP contribution in [0.25, 0.3) is 0 Å². The van der Waals surface area contributed by atoms with Crippen LogP contribution in [0, 0.1) is 5.82 Å². The van der Waals surface area contributed by atoms with Crippen molar-refractivity contribution in [1.29, 1.82) is 0 Å². The van der Waals surface area contributed by atoms with Crippen LogP contribution in [-0.2, 0) is 0 Å². The van der Waals surface area contributed by atoms with Crippen LogP contribution in [0.2, 0.25) is 10.0 Å². The van der Waals surface area contributed by atoms with Crippen LogP contribution < -0.4 is 4.74 Å². The van der Waals surface area contributed by atoms with E-state index in [2.05, 4.69) is 0 Å². The van der Waals surface area contributed by atoms with Gasteiger partial charge in [-0.25, -0.2) is 4.39 Å². The Morgan fingerprint density at radius 3 is 2.53 bits per heavy atom. The Bertz CT molecular complexity index is 641. The number of hydrogen-bond donors (Lipinski definition) is 0. The molecule has 98 valence electrons. The topological polar surface area (TPSA) is 26.3 Å². The van der Waals surface area contributed by atoms with Crippen LogP contribution in [-0.4, -0.2) is 12.9 Å². The lowest BCUT2D eigenvalue weighted by molar-refractivity contribution is 0.103. The molecule has 0 heterocycles. The fourth-order valence-electron chi connectivity index (χ4n) is 1.63. The maximum atomic E-state index is 13.6. The molecule has 0 spiro atoms. The molecule has 2 rings (SSSR count). The molecular weight excluding hydrogens is 290 g/mol. The molecule has 0 saturated heterocycles. The van der Waals surface area contributed by atoms with Gasteiger partial charge in [0.2, 0.25) is 0 Å². The van der Waals surface area contributed by atoms with Gasteiger partial charge in [0.05, 0.1) is 17.7 Å². The van der Waals surface area contributed by atoms with Crippen LogP contribution in [0.1, 0.15) is 15.9 Å². The van der Waals surface area contributed by atoms with Gasteiger partial charge in [0, 0.05) is 10.6 Å². The van der Waals surface area contributed by atoms with E-state index < -0.39 is 11.6 Å². The number of hydrogen-bond acceptors (Lipinski definition) is 2. The van der Waals surface area contributed by atoms with Crippen molar-refractivity contribution in [2.75, 3.05) is 7.11 Å². The first-order chi connectivity index (χ1) is 9.02. The van der Waals surface area contributed by atoms with Crippen molar-refractivity contribution in [3.8, 4) is 5.75 Å². The van der Waals surface area contributed by atoms with Gasteiger partial charge in [0.1, 0.15) is 11.6 Å². The number of methoxy groups -OCH3 is 1. The molecule has 2 nitrogen and oxygen atoms in total. The quantitative estimate of drug-likeness (QED) is 0.787. The number of halogens is 3. The molecule has 2 aromatic rings.